The lowest BCUT2D eigenvalue weighted by atomic mass is 9.92. The lowest BCUT2D eigenvalue weighted by molar-refractivity contribution is -0.139. The minimum atomic E-state index is -4.53. The molecule has 1 saturated heterocycles. The van der Waals surface area contributed by atoms with Gasteiger partial charge in [0, 0.05) is 57.8 Å². The molecule has 5 rings (SSSR count). The summed E-state index contributed by atoms with van der Waals surface area (Å²) in [7, 11) is -1.22. The summed E-state index contributed by atoms with van der Waals surface area (Å²) in [6.45, 7) is 10.8. The van der Waals surface area contributed by atoms with E-state index in [1.165, 1.54) is 24.3 Å². The predicted molar refractivity (Wildman–Crippen MR) is 160 cm³/mol. The van der Waals surface area contributed by atoms with E-state index in [0.29, 0.717) is 43.9 Å². The highest BCUT2D eigenvalue weighted by Crippen LogP contribution is 2.35. The molecule has 1 amide bonds. The molecule has 0 N–H and O–H groups in total. The molecule has 0 spiro atoms. The van der Waals surface area contributed by atoms with Crippen molar-refractivity contribution in [2.75, 3.05) is 19.7 Å². The second-order valence-electron chi connectivity index (χ2n) is 12.5. The molecule has 1 aliphatic rings. The van der Waals surface area contributed by atoms with E-state index in [4.69, 9.17) is 4.74 Å². The van der Waals surface area contributed by atoms with Crippen LogP contribution in [0.2, 0.25) is 25.7 Å². The average Bonchev–Trinajstić information content (AvgIpc) is 3.34. The number of pyridine rings is 2. The van der Waals surface area contributed by atoms with E-state index in [1.54, 1.807) is 17.3 Å². The molecule has 4 heterocycles. The Bertz CT molecular complexity index is 1660. The molecule has 1 aromatic carbocycles. The van der Waals surface area contributed by atoms with Crippen LogP contribution in [0.3, 0.4) is 0 Å². The van der Waals surface area contributed by atoms with Gasteiger partial charge >= 0.3 is 6.18 Å². The number of benzene rings is 1. The number of hydrogen-bond acceptors (Lipinski definition) is 4. The van der Waals surface area contributed by atoms with Gasteiger partial charge in [-0.3, -0.25) is 9.59 Å². The maximum Gasteiger partial charge on any atom is 0.416 e. The number of alkyl halides is 3. The van der Waals surface area contributed by atoms with Crippen LogP contribution in [0, 0.1) is 5.92 Å². The monoisotopic (exact) mass is 598 g/mol. The van der Waals surface area contributed by atoms with Gasteiger partial charge in [0.15, 0.2) is 5.43 Å². The zero-order chi connectivity index (χ0) is 30.2. The minimum absolute atomic E-state index is 0.0276. The van der Waals surface area contributed by atoms with Crippen LogP contribution in [0.1, 0.15) is 30.5 Å². The molecule has 42 heavy (non-hydrogen) atoms. The van der Waals surface area contributed by atoms with Crippen molar-refractivity contribution in [3.63, 3.8) is 0 Å². The van der Waals surface area contributed by atoms with E-state index < -0.39 is 19.8 Å². The molecule has 11 heteroatoms. The van der Waals surface area contributed by atoms with Gasteiger partial charge in [0.05, 0.1) is 28.9 Å². The number of aromatic nitrogens is 3. The molecule has 224 valence electrons. The Kier molecular flexibility index (Phi) is 8.35. The fraction of sp³-hybridized carbons (Fsp3) is 0.452. The first-order chi connectivity index (χ1) is 19.8. The molecule has 0 aliphatic carbocycles. The Morgan fingerprint density at radius 2 is 1.86 bits per heavy atom. The fourth-order valence-corrected chi connectivity index (χ4v) is 6.44. The predicted octanol–water partition coefficient (Wildman–Crippen LogP) is 6.33. The van der Waals surface area contributed by atoms with Crippen molar-refractivity contribution in [3.8, 4) is 0 Å². The summed E-state index contributed by atoms with van der Waals surface area (Å²) in [6.07, 6.45) is 1.10. The molecule has 1 aliphatic heterocycles. The molecule has 1 fully saturated rings. The molecule has 4 aromatic rings. The summed E-state index contributed by atoms with van der Waals surface area (Å²) in [5, 5.41) is 1.30. The van der Waals surface area contributed by atoms with Gasteiger partial charge in [-0.15, -0.1) is 0 Å². The molecule has 0 bridgehead atoms. The normalized spacial score (nSPS) is 18.2. The summed E-state index contributed by atoms with van der Waals surface area (Å²) < 4.78 is 50.6. The number of piperidine rings is 1. The van der Waals surface area contributed by atoms with Gasteiger partial charge in [-0.2, -0.15) is 13.2 Å². The van der Waals surface area contributed by atoms with Gasteiger partial charge in [0.1, 0.15) is 12.4 Å². The number of hydrogen-bond donors (Lipinski definition) is 0. The number of ether oxygens (including phenoxy) is 1. The van der Waals surface area contributed by atoms with Crippen molar-refractivity contribution in [2.24, 2.45) is 5.92 Å². The zero-order valence-corrected chi connectivity index (χ0v) is 25.4. The van der Waals surface area contributed by atoms with Gasteiger partial charge in [0.2, 0.25) is 5.91 Å². The third kappa shape index (κ3) is 6.31. The number of rotatable bonds is 8. The number of nitrogens with zero attached hydrogens (tertiary/aromatic N) is 4. The summed E-state index contributed by atoms with van der Waals surface area (Å²) in [4.78, 5) is 32.5. The smallest absolute Gasteiger partial charge is 0.361 e. The van der Waals surface area contributed by atoms with E-state index in [1.807, 2.05) is 21.4 Å². The molecule has 7 nitrogen and oxygen atoms in total. The molecular weight excluding hydrogens is 561 g/mol. The van der Waals surface area contributed by atoms with Crippen molar-refractivity contribution in [1.29, 1.82) is 0 Å². The highest BCUT2D eigenvalue weighted by molar-refractivity contribution is 6.76. The van der Waals surface area contributed by atoms with E-state index in [9.17, 15) is 22.8 Å². The number of likely N-dealkylation sites (tertiary alicyclic amines) is 1. The van der Waals surface area contributed by atoms with Crippen molar-refractivity contribution >= 4 is 35.9 Å². The third-order valence-electron chi connectivity index (χ3n) is 8.19. The largest absolute Gasteiger partial charge is 0.416 e. The second-order valence-corrected chi connectivity index (χ2v) is 18.1. The fourth-order valence-electron chi connectivity index (χ4n) is 5.68. The maximum atomic E-state index is 13.6. The van der Waals surface area contributed by atoms with Gasteiger partial charge in [-0.1, -0.05) is 44.8 Å². The van der Waals surface area contributed by atoms with E-state index in [0.717, 1.165) is 23.0 Å². The maximum absolute atomic E-state index is 13.6. The Morgan fingerprint density at radius 3 is 2.60 bits per heavy atom. The third-order valence-corrected chi connectivity index (χ3v) is 9.89. The standard InChI is InChI=1S/C31H37F3N4O3Si/c1-21-9-12-36(28(40)17-22-7-5-6-8-25(22)31(32,33)34)19-26(21)38-14-11-27(39)24-18-35-30-23(29(24)38)10-13-37(30)20-41-15-16-42(2,3)4/h5-8,10-11,13-14,18,21,26H,9,12,15-17,19-20H2,1-4H3/t21-,26+/m1/s1. The first-order valence-corrected chi connectivity index (χ1v) is 18.0. The van der Waals surface area contributed by atoms with E-state index >= 15 is 0 Å². The Morgan fingerprint density at radius 1 is 1.10 bits per heavy atom. The van der Waals surface area contributed by atoms with Crippen molar-refractivity contribution in [1.82, 2.24) is 19.0 Å². The molecule has 3 aromatic heterocycles. The molecule has 0 radical (unpaired) electrons. The van der Waals surface area contributed by atoms with Gasteiger partial charge < -0.3 is 18.8 Å². The molecule has 2 atom stereocenters. The summed E-state index contributed by atoms with van der Waals surface area (Å²) in [5.74, 6) is -0.181. The lowest BCUT2D eigenvalue weighted by Gasteiger charge is -2.39. The van der Waals surface area contributed by atoms with Crippen molar-refractivity contribution in [3.05, 3.63) is 76.3 Å². The lowest BCUT2D eigenvalue weighted by Crippen LogP contribution is -2.44. The summed E-state index contributed by atoms with van der Waals surface area (Å²) in [5.41, 5.74) is 0.488. The van der Waals surface area contributed by atoms with Gasteiger partial charge in [-0.05, 0) is 36.1 Å². The Hall–Kier alpha value is -3.44. The van der Waals surface area contributed by atoms with E-state index in [2.05, 4.69) is 31.5 Å². The van der Waals surface area contributed by atoms with Crippen LogP contribution in [0.15, 0.2) is 59.8 Å². The van der Waals surface area contributed by atoms with Crippen LogP contribution in [0.4, 0.5) is 13.2 Å². The first kappa shape index (κ1) is 30.0. The summed E-state index contributed by atoms with van der Waals surface area (Å²) in [6, 6.07) is 9.56. The zero-order valence-electron chi connectivity index (χ0n) is 24.4. The molecule has 0 unspecified atom stereocenters. The van der Waals surface area contributed by atoms with Crippen LogP contribution in [-0.4, -0.2) is 52.7 Å². The second kappa shape index (κ2) is 11.7. The van der Waals surface area contributed by atoms with Gasteiger partial charge in [0.25, 0.3) is 0 Å². The number of fused-ring (bicyclic) bond motifs is 3. The van der Waals surface area contributed by atoms with Crippen molar-refractivity contribution in [2.45, 2.75) is 64.4 Å². The van der Waals surface area contributed by atoms with Gasteiger partial charge in [-0.25, -0.2) is 4.98 Å². The number of amides is 1. The Balaban J connectivity index is 1.44. The highest BCUT2D eigenvalue weighted by Gasteiger charge is 2.35. The summed E-state index contributed by atoms with van der Waals surface area (Å²) >= 11 is 0. The molecule has 0 saturated carbocycles. The number of halogens is 3. The highest BCUT2D eigenvalue weighted by atomic mass is 28.3. The quantitative estimate of drug-likeness (QED) is 0.176. The number of carbonyl (C=O) groups excluding carboxylic acids is 1. The van der Waals surface area contributed by atoms with Crippen molar-refractivity contribution < 1.29 is 22.7 Å². The van der Waals surface area contributed by atoms with Crippen LogP contribution < -0.4 is 5.43 Å². The minimum Gasteiger partial charge on any atom is -0.361 e. The van der Waals surface area contributed by atoms with E-state index in [-0.39, 0.29) is 35.3 Å². The SMILES string of the molecule is C[C@@H]1CCN(C(=O)Cc2ccccc2C(F)(F)F)C[C@@H]1n1ccc(=O)c2cnc3c(ccn3COCC[Si](C)(C)C)c21. The first-order valence-electron chi connectivity index (χ1n) is 14.3. The van der Waals surface area contributed by atoms with Crippen LogP contribution >= 0.6 is 0 Å². The van der Waals surface area contributed by atoms with Crippen LogP contribution in [0.25, 0.3) is 21.9 Å². The van der Waals surface area contributed by atoms with Crippen LogP contribution in [0.5, 0.6) is 0 Å². The number of carbonyl (C=O) groups is 1. The van der Waals surface area contributed by atoms with Crippen LogP contribution in [-0.2, 0) is 28.9 Å². The Labute approximate surface area is 243 Å². The average molecular weight is 599 g/mol. The topological polar surface area (TPSA) is 69.4 Å². The molecular formula is C31H37F3N4O3Si.